The first-order chi connectivity index (χ1) is 7.07. The number of carbonyl (C=O) groups excluding carboxylic acids is 1. The number of nitrogens with one attached hydrogen (secondary N) is 1. The fraction of sp³-hybridized carbons (Fsp3) is 0.200. The number of carbonyl (C=O) groups is 2. The number of halogens is 1. The van der Waals surface area contributed by atoms with Crippen molar-refractivity contribution in [3.05, 3.63) is 34.3 Å². The monoisotopic (exact) mass is 271 g/mol. The summed E-state index contributed by atoms with van der Waals surface area (Å²) in [5.41, 5.74) is 0.360. The van der Waals surface area contributed by atoms with Crippen LogP contribution in [0.2, 0.25) is 0 Å². The Labute approximate surface area is 95.4 Å². The van der Waals surface area contributed by atoms with Gasteiger partial charge in [-0.15, -0.1) is 0 Å². The highest BCUT2D eigenvalue weighted by Gasteiger charge is 2.26. The topological polar surface area (TPSA) is 66.4 Å². The molecule has 0 aromatic heterocycles. The van der Waals surface area contributed by atoms with E-state index >= 15 is 0 Å². The lowest BCUT2D eigenvalue weighted by Gasteiger charge is -2.10. The number of carboxylic acids is 1. The van der Waals surface area contributed by atoms with Crippen LogP contribution >= 0.6 is 15.9 Å². The van der Waals surface area contributed by atoms with Crippen molar-refractivity contribution >= 4 is 27.7 Å². The molecule has 0 heterocycles. The molecule has 1 unspecified atom stereocenters. The molecule has 0 aliphatic rings. The average Bonchev–Trinajstić information content (AvgIpc) is 2.18. The fourth-order valence-corrected chi connectivity index (χ4v) is 1.66. The first-order valence-corrected chi connectivity index (χ1v) is 5.06. The average molecular weight is 272 g/mol. The van der Waals surface area contributed by atoms with Gasteiger partial charge in [-0.25, -0.2) is 0 Å². The number of rotatable bonds is 4. The zero-order valence-electron chi connectivity index (χ0n) is 8.03. The molecule has 5 heteroatoms. The number of hydrogen-bond donors (Lipinski definition) is 2. The molecule has 1 atom stereocenters. The van der Waals surface area contributed by atoms with Gasteiger partial charge in [-0.1, -0.05) is 34.1 Å². The Bertz CT molecular complexity index is 392. The second kappa shape index (κ2) is 5.04. The van der Waals surface area contributed by atoms with Crippen molar-refractivity contribution < 1.29 is 14.7 Å². The van der Waals surface area contributed by atoms with E-state index in [1.54, 1.807) is 24.3 Å². The molecule has 1 aromatic carbocycles. The quantitative estimate of drug-likeness (QED) is 0.640. The third-order valence-corrected chi connectivity index (χ3v) is 2.63. The van der Waals surface area contributed by atoms with E-state index in [9.17, 15) is 9.59 Å². The molecule has 0 aliphatic carbocycles. The van der Waals surface area contributed by atoms with Gasteiger partial charge in [-0.3, -0.25) is 9.59 Å². The number of likely N-dealkylation sites (N-methyl/N-ethyl adjacent to an activating group) is 1. The van der Waals surface area contributed by atoms with E-state index in [4.69, 9.17) is 5.11 Å². The lowest BCUT2D eigenvalue weighted by Crippen LogP contribution is -2.41. The van der Waals surface area contributed by atoms with Crippen molar-refractivity contribution in [3.63, 3.8) is 0 Å². The summed E-state index contributed by atoms with van der Waals surface area (Å²) in [6, 6.07) is 5.52. The van der Waals surface area contributed by atoms with Crippen LogP contribution in [0.4, 0.5) is 0 Å². The molecule has 0 bridgehead atoms. The lowest BCUT2D eigenvalue weighted by atomic mass is 10.0. The molecule has 1 rings (SSSR count). The Morgan fingerprint density at radius 1 is 1.40 bits per heavy atom. The standard InChI is InChI=1S/C10H10BrNO3/c1-12-8(10(14)15)9(13)6-4-2-3-5-7(6)11/h2-5,8,12H,1H3,(H,14,15). The molecule has 1 aromatic rings. The maximum atomic E-state index is 11.8. The number of Topliss-reactive ketones (excluding diaryl/α,β-unsaturated/α-hetero) is 1. The molecule has 0 saturated heterocycles. The first-order valence-electron chi connectivity index (χ1n) is 4.26. The molecule has 0 spiro atoms. The second-order valence-corrected chi connectivity index (χ2v) is 3.76. The Hall–Kier alpha value is -1.20. The van der Waals surface area contributed by atoms with E-state index in [-0.39, 0.29) is 0 Å². The molecular formula is C10H10BrNO3. The fourth-order valence-electron chi connectivity index (χ4n) is 1.18. The van der Waals surface area contributed by atoms with Gasteiger partial charge in [-0.2, -0.15) is 0 Å². The van der Waals surface area contributed by atoms with E-state index < -0.39 is 17.8 Å². The maximum absolute atomic E-state index is 11.8. The van der Waals surface area contributed by atoms with E-state index in [2.05, 4.69) is 21.2 Å². The maximum Gasteiger partial charge on any atom is 0.328 e. The van der Waals surface area contributed by atoms with Crippen LogP contribution in [0.3, 0.4) is 0 Å². The minimum Gasteiger partial charge on any atom is -0.480 e. The largest absolute Gasteiger partial charge is 0.480 e. The van der Waals surface area contributed by atoms with Crippen LogP contribution in [0.5, 0.6) is 0 Å². The van der Waals surface area contributed by atoms with Crippen molar-refractivity contribution in [2.75, 3.05) is 7.05 Å². The van der Waals surface area contributed by atoms with Crippen molar-refractivity contribution in [2.45, 2.75) is 6.04 Å². The van der Waals surface area contributed by atoms with Gasteiger partial charge in [0, 0.05) is 10.0 Å². The highest BCUT2D eigenvalue weighted by Crippen LogP contribution is 2.17. The molecular weight excluding hydrogens is 262 g/mol. The summed E-state index contributed by atoms with van der Waals surface area (Å²) in [7, 11) is 1.44. The van der Waals surface area contributed by atoms with Gasteiger partial charge in [0.1, 0.15) is 0 Å². The summed E-state index contributed by atoms with van der Waals surface area (Å²) in [4.78, 5) is 22.5. The summed E-state index contributed by atoms with van der Waals surface area (Å²) >= 11 is 3.20. The van der Waals surface area contributed by atoms with Crippen molar-refractivity contribution in [1.29, 1.82) is 0 Å². The van der Waals surface area contributed by atoms with Gasteiger partial charge in [-0.05, 0) is 13.1 Å². The number of hydrogen-bond acceptors (Lipinski definition) is 3. The van der Waals surface area contributed by atoms with Gasteiger partial charge in [0.25, 0.3) is 0 Å². The Kier molecular flexibility index (Phi) is 3.99. The van der Waals surface area contributed by atoms with E-state index in [1.165, 1.54) is 7.05 Å². The van der Waals surface area contributed by atoms with E-state index in [0.717, 1.165) is 0 Å². The van der Waals surface area contributed by atoms with Crippen LogP contribution in [0.15, 0.2) is 28.7 Å². The highest BCUT2D eigenvalue weighted by molar-refractivity contribution is 9.10. The van der Waals surface area contributed by atoms with Crippen LogP contribution in [-0.4, -0.2) is 29.9 Å². The molecule has 0 saturated carbocycles. The van der Waals surface area contributed by atoms with Gasteiger partial charge in [0.05, 0.1) is 0 Å². The van der Waals surface area contributed by atoms with Crippen LogP contribution < -0.4 is 5.32 Å². The van der Waals surface area contributed by atoms with Crippen LogP contribution in [0, 0.1) is 0 Å². The Morgan fingerprint density at radius 3 is 2.47 bits per heavy atom. The normalized spacial score (nSPS) is 12.1. The van der Waals surface area contributed by atoms with Crippen LogP contribution in [-0.2, 0) is 4.79 Å². The Morgan fingerprint density at radius 2 is 2.00 bits per heavy atom. The zero-order chi connectivity index (χ0) is 11.4. The Balaban J connectivity index is 3.03. The summed E-state index contributed by atoms with van der Waals surface area (Å²) in [6.45, 7) is 0. The lowest BCUT2D eigenvalue weighted by molar-refractivity contribution is -0.137. The molecule has 0 amide bonds. The van der Waals surface area contributed by atoms with Gasteiger partial charge >= 0.3 is 5.97 Å². The molecule has 80 valence electrons. The number of carboxylic acid groups (broad SMARTS) is 1. The summed E-state index contributed by atoms with van der Waals surface area (Å²) < 4.78 is 0.594. The second-order valence-electron chi connectivity index (χ2n) is 2.90. The van der Waals surface area contributed by atoms with Crippen LogP contribution in [0.1, 0.15) is 10.4 Å². The molecule has 4 nitrogen and oxygen atoms in total. The third kappa shape index (κ3) is 2.64. The van der Waals surface area contributed by atoms with E-state index in [0.29, 0.717) is 10.0 Å². The number of benzene rings is 1. The predicted octanol–water partition coefficient (Wildman–Crippen LogP) is 1.30. The molecule has 0 fully saturated rings. The van der Waals surface area contributed by atoms with Gasteiger partial charge in [0.2, 0.25) is 0 Å². The first kappa shape index (κ1) is 11.9. The molecule has 0 radical (unpaired) electrons. The van der Waals surface area contributed by atoms with Crippen molar-refractivity contribution in [2.24, 2.45) is 0 Å². The van der Waals surface area contributed by atoms with Gasteiger partial charge < -0.3 is 10.4 Å². The smallest absolute Gasteiger partial charge is 0.328 e. The highest BCUT2D eigenvalue weighted by atomic mass is 79.9. The summed E-state index contributed by atoms with van der Waals surface area (Å²) in [5, 5.41) is 11.3. The third-order valence-electron chi connectivity index (χ3n) is 1.94. The minimum atomic E-state index is -1.20. The van der Waals surface area contributed by atoms with E-state index in [1.807, 2.05) is 0 Å². The summed E-state index contributed by atoms with van der Waals surface area (Å²) in [6.07, 6.45) is 0. The number of aliphatic carboxylic acids is 1. The SMILES string of the molecule is CNC(C(=O)O)C(=O)c1ccccc1Br. The molecule has 15 heavy (non-hydrogen) atoms. The summed E-state index contributed by atoms with van der Waals surface area (Å²) in [5.74, 6) is -1.64. The van der Waals surface area contributed by atoms with Crippen molar-refractivity contribution in [3.8, 4) is 0 Å². The molecule has 0 aliphatic heterocycles. The number of ketones is 1. The predicted molar refractivity (Wildman–Crippen MR) is 59.0 cm³/mol. The van der Waals surface area contributed by atoms with Crippen LogP contribution in [0.25, 0.3) is 0 Å². The van der Waals surface area contributed by atoms with Gasteiger partial charge in [0.15, 0.2) is 11.8 Å². The van der Waals surface area contributed by atoms with Crippen molar-refractivity contribution in [1.82, 2.24) is 5.32 Å². The molecule has 2 N–H and O–H groups in total. The zero-order valence-corrected chi connectivity index (χ0v) is 9.61. The minimum absolute atomic E-state index is 0.360.